The highest BCUT2D eigenvalue weighted by Gasteiger charge is 2.17. The summed E-state index contributed by atoms with van der Waals surface area (Å²) in [6.45, 7) is 1.73. The molecule has 0 saturated heterocycles. The molecule has 0 atom stereocenters. The minimum atomic E-state index is -0.485. The minimum Gasteiger partial charge on any atom is -0.322 e. The van der Waals surface area contributed by atoms with Gasteiger partial charge in [-0.3, -0.25) is 29.6 Å². The number of aromatic nitrogens is 2. The van der Waals surface area contributed by atoms with Gasteiger partial charge in [0.05, 0.1) is 5.69 Å². The van der Waals surface area contributed by atoms with E-state index >= 15 is 0 Å². The van der Waals surface area contributed by atoms with E-state index < -0.39 is 11.8 Å². The summed E-state index contributed by atoms with van der Waals surface area (Å²) in [7, 11) is 0. The molecule has 154 valence electrons. The van der Waals surface area contributed by atoms with Crippen LogP contribution in [-0.2, 0) is 0 Å². The Morgan fingerprint density at radius 1 is 0.742 bits per heavy atom. The van der Waals surface area contributed by atoms with Crippen LogP contribution in [0.25, 0.3) is 5.65 Å². The van der Waals surface area contributed by atoms with Crippen LogP contribution in [0.2, 0.25) is 0 Å². The summed E-state index contributed by atoms with van der Waals surface area (Å²) in [5.41, 5.74) is 7.77. The number of aryl methyl sites for hydroxylation is 1. The van der Waals surface area contributed by atoms with Gasteiger partial charge in [0.2, 0.25) is 0 Å². The van der Waals surface area contributed by atoms with Crippen LogP contribution >= 0.6 is 0 Å². The highest BCUT2D eigenvalue weighted by Crippen LogP contribution is 2.13. The molecular formula is C23H19N5O3. The molecular weight excluding hydrogens is 394 g/mol. The van der Waals surface area contributed by atoms with Crippen molar-refractivity contribution in [2.24, 2.45) is 0 Å². The first kappa shape index (κ1) is 19.8. The van der Waals surface area contributed by atoms with Crippen LogP contribution in [0.15, 0.2) is 79.0 Å². The fourth-order valence-electron chi connectivity index (χ4n) is 3.13. The molecule has 0 fully saturated rings. The van der Waals surface area contributed by atoms with E-state index in [-0.39, 0.29) is 5.91 Å². The van der Waals surface area contributed by atoms with E-state index in [1.54, 1.807) is 78.2 Å². The maximum atomic E-state index is 12.6. The van der Waals surface area contributed by atoms with Gasteiger partial charge in [0.15, 0.2) is 0 Å². The molecule has 2 aromatic heterocycles. The van der Waals surface area contributed by atoms with Gasteiger partial charge in [-0.1, -0.05) is 24.3 Å². The summed E-state index contributed by atoms with van der Waals surface area (Å²) in [5.74, 6) is -1.20. The maximum Gasteiger partial charge on any atom is 0.288 e. The summed E-state index contributed by atoms with van der Waals surface area (Å²) < 4.78 is 1.65. The number of benzene rings is 2. The molecule has 0 aliphatic heterocycles. The third kappa shape index (κ3) is 4.27. The average Bonchev–Trinajstić information content (AvgIpc) is 3.14. The van der Waals surface area contributed by atoms with Crippen LogP contribution in [0.3, 0.4) is 0 Å². The summed E-state index contributed by atoms with van der Waals surface area (Å²) in [6, 6.07) is 20.6. The topological polar surface area (TPSA) is 105 Å². The third-order valence-electron chi connectivity index (χ3n) is 4.65. The van der Waals surface area contributed by atoms with Crippen molar-refractivity contribution in [1.82, 2.24) is 20.2 Å². The van der Waals surface area contributed by atoms with E-state index in [0.29, 0.717) is 33.8 Å². The molecule has 0 bridgehead atoms. The number of imidazole rings is 1. The molecule has 8 heteroatoms. The zero-order valence-electron chi connectivity index (χ0n) is 16.6. The van der Waals surface area contributed by atoms with Gasteiger partial charge in [0, 0.05) is 23.0 Å². The van der Waals surface area contributed by atoms with Crippen LogP contribution in [0.1, 0.15) is 36.9 Å². The quantitative estimate of drug-likeness (QED) is 0.447. The number of hydrogen-bond acceptors (Lipinski definition) is 4. The Balaban J connectivity index is 1.38. The Morgan fingerprint density at radius 3 is 2.13 bits per heavy atom. The van der Waals surface area contributed by atoms with E-state index in [9.17, 15) is 14.4 Å². The molecule has 2 heterocycles. The Hall–Kier alpha value is -4.46. The Morgan fingerprint density at radius 2 is 1.39 bits per heavy atom. The molecule has 0 unspecified atom stereocenters. The van der Waals surface area contributed by atoms with Gasteiger partial charge in [-0.2, -0.15) is 0 Å². The molecule has 3 amide bonds. The molecule has 0 radical (unpaired) electrons. The lowest BCUT2D eigenvalue weighted by Gasteiger charge is -2.09. The van der Waals surface area contributed by atoms with Gasteiger partial charge in [-0.05, 0) is 55.5 Å². The van der Waals surface area contributed by atoms with E-state index in [0.717, 1.165) is 0 Å². The number of hydrogen-bond donors (Lipinski definition) is 3. The molecule has 0 saturated carbocycles. The number of carbonyl (C=O) groups is 3. The maximum absolute atomic E-state index is 12.6. The first-order chi connectivity index (χ1) is 15.0. The number of fused-ring (bicyclic) bond motifs is 1. The lowest BCUT2D eigenvalue weighted by Crippen LogP contribution is -2.42. The first-order valence-electron chi connectivity index (χ1n) is 9.54. The number of nitrogens with zero attached hydrogens (tertiary/aromatic N) is 2. The number of amides is 3. The highest BCUT2D eigenvalue weighted by atomic mass is 16.2. The van der Waals surface area contributed by atoms with Crippen molar-refractivity contribution in [2.45, 2.75) is 6.92 Å². The number of nitrogens with one attached hydrogen (secondary N) is 3. The Bertz CT molecular complexity index is 1260. The zero-order chi connectivity index (χ0) is 21.8. The summed E-state index contributed by atoms with van der Waals surface area (Å²) in [5, 5.41) is 2.77. The van der Waals surface area contributed by atoms with Crippen LogP contribution < -0.4 is 16.2 Å². The van der Waals surface area contributed by atoms with E-state index in [2.05, 4.69) is 21.2 Å². The summed E-state index contributed by atoms with van der Waals surface area (Å²) in [4.78, 5) is 41.5. The largest absolute Gasteiger partial charge is 0.322 e. The SMILES string of the molecule is Cc1nc2ccccn2c1C(=O)NNC(=O)c1ccc(NC(=O)c2ccccc2)cc1. The number of pyridine rings is 1. The second kappa shape index (κ2) is 8.50. The smallest absolute Gasteiger partial charge is 0.288 e. The summed E-state index contributed by atoms with van der Waals surface area (Å²) in [6.07, 6.45) is 1.73. The van der Waals surface area contributed by atoms with Crippen LogP contribution in [0.4, 0.5) is 5.69 Å². The second-order valence-electron chi connectivity index (χ2n) is 6.78. The lowest BCUT2D eigenvalue weighted by atomic mass is 10.1. The molecule has 0 aliphatic carbocycles. The predicted molar refractivity (Wildman–Crippen MR) is 116 cm³/mol. The van der Waals surface area contributed by atoms with Gasteiger partial charge in [-0.25, -0.2) is 4.98 Å². The standard InChI is InChI=1S/C23H19N5O3/c1-15-20(28-14-6-5-9-19(28)24-15)23(31)27-26-22(30)17-10-12-18(13-11-17)25-21(29)16-7-3-2-4-8-16/h2-14H,1H3,(H,25,29)(H,26,30)(H,27,31). The molecule has 8 nitrogen and oxygen atoms in total. The molecule has 2 aromatic carbocycles. The molecule has 31 heavy (non-hydrogen) atoms. The fraction of sp³-hybridized carbons (Fsp3) is 0.0435. The minimum absolute atomic E-state index is 0.242. The van der Waals surface area contributed by atoms with Crippen molar-refractivity contribution in [3.05, 3.63) is 102 Å². The predicted octanol–water partition coefficient (Wildman–Crippen LogP) is 2.97. The molecule has 4 rings (SSSR count). The normalized spacial score (nSPS) is 10.5. The number of rotatable bonds is 4. The molecule has 0 aliphatic rings. The van der Waals surface area contributed by atoms with Gasteiger partial charge < -0.3 is 5.32 Å². The van der Waals surface area contributed by atoms with Crippen LogP contribution in [0.5, 0.6) is 0 Å². The Kier molecular flexibility index (Phi) is 5.44. The number of anilines is 1. The van der Waals surface area contributed by atoms with Crippen molar-refractivity contribution in [3.63, 3.8) is 0 Å². The monoisotopic (exact) mass is 413 g/mol. The molecule has 0 spiro atoms. The number of hydrazine groups is 1. The van der Waals surface area contributed by atoms with Crippen molar-refractivity contribution >= 4 is 29.1 Å². The van der Waals surface area contributed by atoms with Gasteiger partial charge in [-0.15, -0.1) is 0 Å². The van der Waals surface area contributed by atoms with Gasteiger partial charge in [0.25, 0.3) is 17.7 Å². The second-order valence-corrected chi connectivity index (χ2v) is 6.78. The van der Waals surface area contributed by atoms with Crippen molar-refractivity contribution in [1.29, 1.82) is 0 Å². The highest BCUT2D eigenvalue weighted by molar-refractivity contribution is 6.04. The fourth-order valence-corrected chi connectivity index (χ4v) is 3.13. The van der Waals surface area contributed by atoms with Crippen LogP contribution in [-0.4, -0.2) is 27.1 Å². The van der Waals surface area contributed by atoms with Crippen LogP contribution in [0, 0.1) is 6.92 Å². The average molecular weight is 413 g/mol. The van der Waals surface area contributed by atoms with E-state index in [1.807, 2.05) is 12.1 Å². The molecule has 4 aromatic rings. The van der Waals surface area contributed by atoms with Gasteiger partial charge >= 0.3 is 0 Å². The van der Waals surface area contributed by atoms with E-state index in [1.165, 1.54) is 0 Å². The Labute approximate surface area is 177 Å². The van der Waals surface area contributed by atoms with E-state index in [4.69, 9.17) is 0 Å². The summed E-state index contributed by atoms with van der Waals surface area (Å²) >= 11 is 0. The van der Waals surface area contributed by atoms with Crippen molar-refractivity contribution < 1.29 is 14.4 Å². The zero-order valence-corrected chi connectivity index (χ0v) is 16.6. The number of carbonyl (C=O) groups excluding carboxylic acids is 3. The molecule has 3 N–H and O–H groups in total. The first-order valence-corrected chi connectivity index (χ1v) is 9.54. The third-order valence-corrected chi connectivity index (χ3v) is 4.65. The lowest BCUT2D eigenvalue weighted by molar-refractivity contribution is 0.0843. The van der Waals surface area contributed by atoms with Crippen molar-refractivity contribution in [2.75, 3.05) is 5.32 Å². The van der Waals surface area contributed by atoms with Gasteiger partial charge in [0.1, 0.15) is 11.3 Å². The van der Waals surface area contributed by atoms with Crippen molar-refractivity contribution in [3.8, 4) is 0 Å².